The lowest BCUT2D eigenvalue weighted by atomic mass is 9.43. The zero-order chi connectivity index (χ0) is 31.1. The standard InChI is InChI=1S/C42H39BN2/c1-41(2,3)30-22-24-31(25-23-30)44-37-20-12-10-18-35(37)43-40-33(17-13-21-38(40)44)32-16-9-11-19-36(32)45(43)39-27-29-15-8-7-14-28(29)26-34(39)42(4,5)6/h7-27H,1-6H3. The van der Waals surface area contributed by atoms with Crippen molar-refractivity contribution in [1.82, 2.24) is 0 Å². The first-order valence-corrected chi connectivity index (χ1v) is 16.2. The summed E-state index contributed by atoms with van der Waals surface area (Å²) in [5.74, 6) is 0. The van der Waals surface area contributed by atoms with Crippen LogP contribution < -0.4 is 20.6 Å². The molecule has 6 aromatic rings. The molecule has 0 saturated carbocycles. The van der Waals surface area contributed by atoms with Gasteiger partial charge < -0.3 is 9.71 Å². The van der Waals surface area contributed by atoms with E-state index in [0.29, 0.717) is 0 Å². The van der Waals surface area contributed by atoms with Crippen molar-refractivity contribution in [2.75, 3.05) is 9.71 Å². The third kappa shape index (κ3) is 4.32. The van der Waals surface area contributed by atoms with Gasteiger partial charge in [-0.3, -0.25) is 0 Å². The molecule has 0 fully saturated rings. The molecule has 0 bridgehead atoms. The van der Waals surface area contributed by atoms with Crippen molar-refractivity contribution in [1.29, 1.82) is 0 Å². The van der Waals surface area contributed by atoms with E-state index in [4.69, 9.17) is 0 Å². The molecule has 3 heteroatoms. The van der Waals surface area contributed by atoms with Crippen molar-refractivity contribution < 1.29 is 0 Å². The van der Waals surface area contributed by atoms with Crippen molar-refractivity contribution >= 4 is 57.0 Å². The Balaban J connectivity index is 1.44. The van der Waals surface area contributed by atoms with Crippen LogP contribution in [-0.2, 0) is 10.8 Å². The van der Waals surface area contributed by atoms with Crippen molar-refractivity contribution in [3.63, 3.8) is 0 Å². The highest BCUT2D eigenvalue weighted by Gasteiger charge is 2.45. The summed E-state index contributed by atoms with van der Waals surface area (Å²) in [5.41, 5.74) is 14.2. The maximum Gasteiger partial charge on any atom is 0.333 e. The van der Waals surface area contributed by atoms with Crippen LogP contribution in [0.5, 0.6) is 0 Å². The third-order valence-corrected chi connectivity index (χ3v) is 9.70. The number of fused-ring (bicyclic) bond motifs is 5. The van der Waals surface area contributed by atoms with Gasteiger partial charge in [-0.2, -0.15) is 0 Å². The Kier molecular flexibility index (Phi) is 6.09. The Bertz CT molecular complexity index is 2100. The second kappa shape index (κ2) is 9.87. The van der Waals surface area contributed by atoms with Gasteiger partial charge >= 0.3 is 6.85 Å². The fourth-order valence-electron chi connectivity index (χ4n) is 7.48. The van der Waals surface area contributed by atoms with E-state index in [9.17, 15) is 0 Å². The second-order valence-corrected chi connectivity index (χ2v) is 14.7. The van der Waals surface area contributed by atoms with Gasteiger partial charge in [0.25, 0.3) is 0 Å². The lowest BCUT2D eigenvalue weighted by Crippen LogP contribution is -2.61. The summed E-state index contributed by atoms with van der Waals surface area (Å²) in [4.78, 5) is 5.13. The fourth-order valence-corrected chi connectivity index (χ4v) is 7.48. The summed E-state index contributed by atoms with van der Waals surface area (Å²) < 4.78 is 0. The highest BCUT2D eigenvalue weighted by atomic mass is 15.2. The molecule has 0 unspecified atom stereocenters. The number of nitrogens with zero attached hydrogens (tertiary/aromatic N) is 2. The van der Waals surface area contributed by atoms with Gasteiger partial charge in [-0.05, 0) is 91.7 Å². The van der Waals surface area contributed by atoms with Crippen LogP contribution >= 0.6 is 0 Å². The van der Waals surface area contributed by atoms with Gasteiger partial charge in [0.15, 0.2) is 0 Å². The lowest BCUT2D eigenvalue weighted by molar-refractivity contribution is 0.590. The molecule has 0 aliphatic carbocycles. The van der Waals surface area contributed by atoms with Crippen LogP contribution in [0.4, 0.5) is 28.4 Å². The van der Waals surface area contributed by atoms with Gasteiger partial charge in [-0.1, -0.05) is 126 Å². The molecule has 45 heavy (non-hydrogen) atoms. The molecule has 0 radical (unpaired) electrons. The van der Waals surface area contributed by atoms with Crippen LogP contribution in [0.2, 0.25) is 0 Å². The zero-order valence-corrected chi connectivity index (χ0v) is 27.1. The molecule has 2 aliphatic heterocycles. The normalized spacial score (nSPS) is 13.9. The Morgan fingerprint density at radius 3 is 1.80 bits per heavy atom. The van der Waals surface area contributed by atoms with Gasteiger partial charge in [0.05, 0.1) is 0 Å². The van der Waals surface area contributed by atoms with E-state index in [1.807, 2.05) is 0 Å². The summed E-state index contributed by atoms with van der Waals surface area (Å²) in [6.45, 7) is 13.9. The maximum absolute atomic E-state index is 2.65. The smallest absolute Gasteiger partial charge is 0.333 e. The molecule has 0 spiro atoms. The quantitative estimate of drug-likeness (QED) is 0.188. The molecule has 2 aliphatic rings. The van der Waals surface area contributed by atoms with Crippen LogP contribution in [0.3, 0.4) is 0 Å². The Labute approximate surface area is 268 Å². The summed E-state index contributed by atoms with van der Waals surface area (Å²) >= 11 is 0. The highest BCUT2D eigenvalue weighted by Crippen LogP contribution is 2.48. The average Bonchev–Trinajstić information content (AvgIpc) is 3.03. The van der Waals surface area contributed by atoms with Gasteiger partial charge in [0, 0.05) is 34.0 Å². The molecule has 2 heterocycles. The van der Waals surface area contributed by atoms with Gasteiger partial charge in [-0.25, -0.2) is 0 Å². The molecular formula is C42H39BN2. The van der Waals surface area contributed by atoms with E-state index in [1.165, 1.54) is 72.4 Å². The summed E-state index contributed by atoms with van der Waals surface area (Å²) in [6.07, 6.45) is 0. The average molecular weight is 583 g/mol. The SMILES string of the molecule is CC(C)(C)c1ccc(N2c3ccccc3B3c4c(cccc42)-c2ccccc2N3c2cc3ccccc3cc2C(C)(C)C)cc1. The third-order valence-electron chi connectivity index (χ3n) is 9.70. The number of hydrogen-bond acceptors (Lipinski definition) is 2. The van der Waals surface area contributed by atoms with E-state index >= 15 is 0 Å². The number of benzene rings is 6. The second-order valence-electron chi connectivity index (χ2n) is 14.7. The molecule has 0 amide bonds. The predicted molar refractivity (Wildman–Crippen MR) is 195 cm³/mol. The molecule has 0 atom stereocenters. The Morgan fingerprint density at radius 1 is 0.489 bits per heavy atom. The van der Waals surface area contributed by atoms with E-state index in [1.54, 1.807) is 0 Å². The highest BCUT2D eigenvalue weighted by molar-refractivity contribution is 6.93. The van der Waals surface area contributed by atoms with Crippen LogP contribution in [0.1, 0.15) is 52.7 Å². The van der Waals surface area contributed by atoms with Crippen molar-refractivity contribution in [3.05, 3.63) is 139 Å². The monoisotopic (exact) mass is 582 g/mol. The minimum atomic E-state index is -0.0525. The Hall–Kier alpha value is -4.76. The van der Waals surface area contributed by atoms with E-state index < -0.39 is 0 Å². The first kappa shape index (κ1) is 27.8. The van der Waals surface area contributed by atoms with Gasteiger partial charge in [-0.15, -0.1) is 0 Å². The van der Waals surface area contributed by atoms with E-state index in [-0.39, 0.29) is 17.7 Å². The van der Waals surface area contributed by atoms with E-state index in [2.05, 4.69) is 179 Å². The molecule has 0 aromatic heterocycles. The minimum absolute atomic E-state index is 0.0228. The number of para-hydroxylation sites is 2. The van der Waals surface area contributed by atoms with Crippen molar-refractivity contribution in [2.24, 2.45) is 0 Å². The number of hydrogen-bond donors (Lipinski definition) is 0. The van der Waals surface area contributed by atoms with Gasteiger partial charge in [0.1, 0.15) is 0 Å². The maximum atomic E-state index is 2.65. The number of rotatable bonds is 2. The van der Waals surface area contributed by atoms with Crippen molar-refractivity contribution in [3.8, 4) is 11.1 Å². The summed E-state index contributed by atoms with van der Waals surface area (Å²) in [7, 11) is 0. The zero-order valence-electron chi connectivity index (χ0n) is 27.1. The topological polar surface area (TPSA) is 6.48 Å². The van der Waals surface area contributed by atoms with Crippen molar-refractivity contribution in [2.45, 2.75) is 52.4 Å². The predicted octanol–water partition coefficient (Wildman–Crippen LogP) is 10.1. The van der Waals surface area contributed by atoms with Crippen LogP contribution in [-0.4, -0.2) is 6.85 Å². The molecule has 8 rings (SSSR count). The molecule has 2 nitrogen and oxygen atoms in total. The minimum Gasteiger partial charge on any atom is -0.376 e. The molecule has 220 valence electrons. The molecule has 0 N–H and O–H groups in total. The Morgan fingerprint density at radius 2 is 1.09 bits per heavy atom. The summed E-state index contributed by atoms with van der Waals surface area (Å²) in [6, 6.07) is 47.7. The van der Waals surface area contributed by atoms with Crippen LogP contribution in [0.15, 0.2) is 127 Å². The van der Waals surface area contributed by atoms with E-state index in [0.717, 1.165) is 0 Å². The first-order chi connectivity index (χ1) is 21.6. The molecule has 0 saturated heterocycles. The first-order valence-electron chi connectivity index (χ1n) is 16.2. The number of anilines is 5. The summed E-state index contributed by atoms with van der Waals surface area (Å²) in [5, 5.41) is 2.55. The van der Waals surface area contributed by atoms with Gasteiger partial charge in [0.2, 0.25) is 0 Å². The molecular weight excluding hydrogens is 543 g/mol. The van der Waals surface area contributed by atoms with Crippen LogP contribution in [0, 0.1) is 0 Å². The largest absolute Gasteiger partial charge is 0.376 e. The lowest BCUT2D eigenvalue weighted by Gasteiger charge is -2.46. The van der Waals surface area contributed by atoms with Crippen LogP contribution in [0.25, 0.3) is 21.9 Å². The fraction of sp³-hybridized carbons (Fsp3) is 0.190. The molecule has 6 aromatic carbocycles.